The van der Waals surface area contributed by atoms with E-state index in [0.29, 0.717) is 50.0 Å². The zero-order chi connectivity index (χ0) is 44.0. The van der Waals surface area contributed by atoms with Crippen LogP contribution >= 0.6 is 0 Å². The summed E-state index contributed by atoms with van der Waals surface area (Å²) in [4.78, 5) is 2.57. The molecule has 4 aliphatic carbocycles. The van der Waals surface area contributed by atoms with Gasteiger partial charge in [0.05, 0.1) is 45.2 Å². The van der Waals surface area contributed by atoms with Crippen LogP contribution in [-0.4, -0.2) is 76.4 Å². The first kappa shape index (κ1) is 52.0. The molecule has 5 heteroatoms. The van der Waals surface area contributed by atoms with E-state index in [1.807, 2.05) is 0 Å². The van der Waals surface area contributed by atoms with Gasteiger partial charge in [0.2, 0.25) is 0 Å². The second-order valence-electron chi connectivity index (χ2n) is 22.4. The Labute approximate surface area is 384 Å². The molecule has 4 fully saturated rings. The van der Waals surface area contributed by atoms with Crippen molar-refractivity contribution >= 4 is 0 Å². The molecule has 10 atom stereocenters. The fraction of sp³-hybridized carbons (Fsp3) is 0.895. The number of fused-ring (bicyclic) bond motifs is 5. The second-order valence-corrected chi connectivity index (χ2v) is 22.4. The average molecular weight is 864 g/mol. The number of ether oxygens (including phenoxy) is 4. The van der Waals surface area contributed by atoms with Crippen LogP contribution in [0.1, 0.15) is 203 Å². The Bertz CT molecular complexity index is 1290. The predicted molar refractivity (Wildman–Crippen MR) is 264 cm³/mol. The van der Waals surface area contributed by atoms with Gasteiger partial charge in [0.1, 0.15) is 0 Å². The van der Waals surface area contributed by atoms with Crippen LogP contribution in [0.25, 0.3) is 0 Å². The van der Waals surface area contributed by atoms with Gasteiger partial charge in [0.15, 0.2) is 0 Å². The maximum atomic E-state index is 6.52. The standard InChI is InChI=1S/C57H101NO4/c1-8-9-10-11-12-13-14-15-16-17-18-19-20-21-22-23-37-60-45-51(44-58-36-33-47(4)43-58)62-41-39-59-38-40-61-50-31-34-56(6)49(42-50)27-28-52-54-30-29-53(48(5)26-24-25-46(2)3)57(54,7)35-32-55(52)56/h12-13,15-16,27,46-48,50-55H,8-11,14,17-26,28-45H2,1-7H3/t47?,48-,50+,51?,52?,53-,54+,55+,56+,57-/m1/s1. The van der Waals surface area contributed by atoms with Crippen LogP contribution in [0.4, 0.5) is 0 Å². The van der Waals surface area contributed by atoms with E-state index in [4.69, 9.17) is 18.9 Å². The highest BCUT2D eigenvalue weighted by Crippen LogP contribution is 2.67. The van der Waals surface area contributed by atoms with Gasteiger partial charge in [-0.3, -0.25) is 0 Å². The topological polar surface area (TPSA) is 40.2 Å². The summed E-state index contributed by atoms with van der Waals surface area (Å²) in [5, 5.41) is 0. The molecule has 0 aromatic heterocycles. The molecule has 358 valence electrons. The summed E-state index contributed by atoms with van der Waals surface area (Å²) >= 11 is 0. The summed E-state index contributed by atoms with van der Waals surface area (Å²) in [6, 6.07) is 0. The number of hydrogen-bond donors (Lipinski definition) is 0. The van der Waals surface area contributed by atoms with Gasteiger partial charge in [0.25, 0.3) is 0 Å². The predicted octanol–water partition coefficient (Wildman–Crippen LogP) is 15.0. The molecular weight excluding hydrogens is 763 g/mol. The van der Waals surface area contributed by atoms with Gasteiger partial charge in [-0.1, -0.05) is 142 Å². The Morgan fingerprint density at radius 2 is 1.50 bits per heavy atom. The molecular formula is C57H101NO4. The first-order valence-corrected chi connectivity index (χ1v) is 27.2. The Balaban J connectivity index is 0.912. The molecule has 0 N–H and O–H groups in total. The van der Waals surface area contributed by atoms with Crippen molar-refractivity contribution in [1.82, 2.24) is 4.90 Å². The van der Waals surface area contributed by atoms with E-state index in [-0.39, 0.29) is 6.10 Å². The SMILES string of the molecule is CCCCCC=CCC=CCCCCCCCCOCC(CN1CCC(C)C1)OCCOCCO[C@H]1CC[C@@]2(C)C(=CCC3[C@@H]4CC[C@H]([C@H](C)CCCC(C)C)[C@@]4(C)CC[C@@H]32)C1. The number of allylic oxidation sites excluding steroid dienone is 5. The normalized spacial score (nSPS) is 31.2. The van der Waals surface area contributed by atoms with Gasteiger partial charge >= 0.3 is 0 Å². The fourth-order valence-electron chi connectivity index (χ4n) is 13.5. The zero-order valence-corrected chi connectivity index (χ0v) is 42.0. The third-order valence-electron chi connectivity index (χ3n) is 17.2. The Hall–Kier alpha value is -0.980. The lowest BCUT2D eigenvalue weighted by Crippen LogP contribution is -2.51. The number of likely N-dealkylation sites (tertiary alicyclic amines) is 1. The maximum absolute atomic E-state index is 6.52. The highest BCUT2D eigenvalue weighted by atomic mass is 16.6. The Morgan fingerprint density at radius 3 is 2.26 bits per heavy atom. The quantitative estimate of drug-likeness (QED) is 0.0498. The van der Waals surface area contributed by atoms with Gasteiger partial charge in [-0.25, -0.2) is 0 Å². The first-order chi connectivity index (χ1) is 30.1. The molecule has 1 saturated heterocycles. The Morgan fingerprint density at radius 1 is 0.742 bits per heavy atom. The molecule has 62 heavy (non-hydrogen) atoms. The summed E-state index contributed by atoms with van der Waals surface area (Å²) in [5.41, 5.74) is 2.68. The van der Waals surface area contributed by atoms with Crippen molar-refractivity contribution in [2.24, 2.45) is 52.3 Å². The first-order valence-electron chi connectivity index (χ1n) is 27.2. The van der Waals surface area contributed by atoms with Crippen LogP contribution in [0.2, 0.25) is 0 Å². The van der Waals surface area contributed by atoms with E-state index >= 15 is 0 Å². The zero-order valence-electron chi connectivity index (χ0n) is 42.0. The van der Waals surface area contributed by atoms with Crippen LogP contribution in [0.3, 0.4) is 0 Å². The summed E-state index contributed by atoms with van der Waals surface area (Å²) in [5.74, 6) is 6.15. The molecule has 3 saturated carbocycles. The van der Waals surface area contributed by atoms with Crippen molar-refractivity contribution in [3.8, 4) is 0 Å². The molecule has 0 bridgehead atoms. The van der Waals surface area contributed by atoms with Crippen LogP contribution < -0.4 is 0 Å². The maximum Gasteiger partial charge on any atom is 0.0936 e. The van der Waals surface area contributed by atoms with Crippen molar-refractivity contribution in [2.75, 3.05) is 59.3 Å². The largest absolute Gasteiger partial charge is 0.379 e. The van der Waals surface area contributed by atoms with Crippen molar-refractivity contribution in [1.29, 1.82) is 0 Å². The third kappa shape index (κ3) is 16.4. The van der Waals surface area contributed by atoms with Crippen LogP contribution in [-0.2, 0) is 18.9 Å². The number of unbranched alkanes of at least 4 members (excludes halogenated alkanes) is 9. The van der Waals surface area contributed by atoms with Gasteiger partial charge in [-0.05, 0) is 155 Å². The number of hydrogen-bond acceptors (Lipinski definition) is 5. The monoisotopic (exact) mass is 864 g/mol. The van der Waals surface area contributed by atoms with Crippen LogP contribution in [0.15, 0.2) is 36.0 Å². The number of rotatable bonds is 32. The molecule has 3 unspecified atom stereocenters. The second kappa shape index (κ2) is 28.3. The summed E-state index contributed by atoms with van der Waals surface area (Å²) in [6.07, 6.45) is 44.2. The van der Waals surface area contributed by atoms with Crippen molar-refractivity contribution < 1.29 is 18.9 Å². The van der Waals surface area contributed by atoms with Gasteiger partial charge in [-0.15, -0.1) is 0 Å². The van der Waals surface area contributed by atoms with Gasteiger partial charge < -0.3 is 23.8 Å². The lowest BCUT2D eigenvalue weighted by atomic mass is 9.47. The molecule has 0 aromatic rings. The van der Waals surface area contributed by atoms with E-state index < -0.39 is 0 Å². The van der Waals surface area contributed by atoms with Crippen LogP contribution in [0, 0.1) is 52.3 Å². The Kier molecular flexibility index (Phi) is 23.7. The van der Waals surface area contributed by atoms with E-state index in [0.717, 1.165) is 73.8 Å². The summed E-state index contributed by atoms with van der Waals surface area (Å²) in [6.45, 7) is 24.8. The molecule has 1 heterocycles. The summed E-state index contributed by atoms with van der Waals surface area (Å²) in [7, 11) is 0. The minimum absolute atomic E-state index is 0.112. The number of nitrogens with zero attached hydrogens (tertiary/aromatic N) is 1. The molecule has 5 rings (SSSR count). The molecule has 5 aliphatic rings. The van der Waals surface area contributed by atoms with Crippen molar-refractivity contribution in [3.05, 3.63) is 36.0 Å². The molecule has 5 nitrogen and oxygen atoms in total. The smallest absolute Gasteiger partial charge is 0.0936 e. The minimum atomic E-state index is 0.112. The highest BCUT2D eigenvalue weighted by Gasteiger charge is 2.59. The molecule has 1 aliphatic heterocycles. The average Bonchev–Trinajstić information content (AvgIpc) is 3.84. The van der Waals surface area contributed by atoms with Gasteiger partial charge in [-0.2, -0.15) is 0 Å². The third-order valence-corrected chi connectivity index (χ3v) is 17.2. The lowest BCUT2D eigenvalue weighted by Gasteiger charge is -2.58. The van der Waals surface area contributed by atoms with Crippen molar-refractivity contribution in [2.45, 2.75) is 215 Å². The van der Waals surface area contributed by atoms with Gasteiger partial charge in [0, 0.05) is 19.7 Å². The molecule has 0 aromatic carbocycles. The molecule has 0 radical (unpaired) electrons. The van der Waals surface area contributed by atoms with E-state index in [1.54, 1.807) is 5.57 Å². The van der Waals surface area contributed by atoms with Crippen LogP contribution in [0.5, 0.6) is 0 Å². The summed E-state index contributed by atoms with van der Waals surface area (Å²) < 4.78 is 25.2. The fourth-order valence-corrected chi connectivity index (χ4v) is 13.5. The lowest BCUT2D eigenvalue weighted by molar-refractivity contribution is -0.0731. The molecule has 0 amide bonds. The van der Waals surface area contributed by atoms with E-state index in [1.165, 1.54) is 148 Å². The van der Waals surface area contributed by atoms with Crippen molar-refractivity contribution in [3.63, 3.8) is 0 Å². The minimum Gasteiger partial charge on any atom is -0.379 e. The highest BCUT2D eigenvalue weighted by molar-refractivity contribution is 5.25. The van der Waals surface area contributed by atoms with E-state index in [2.05, 4.69) is 83.7 Å². The van der Waals surface area contributed by atoms with E-state index in [9.17, 15) is 0 Å². The molecule has 0 spiro atoms.